The van der Waals surface area contributed by atoms with Crippen molar-refractivity contribution in [2.45, 2.75) is 38.6 Å². The van der Waals surface area contributed by atoms with Gasteiger partial charge < -0.3 is 15.0 Å². The number of nitrogens with zero attached hydrogens (tertiary/aromatic N) is 3. The van der Waals surface area contributed by atoms with Gasteiger partial charge in [0, 0.05) is 32.7 Å². The largest absolute Gasteiger partial charge is 0.497 e. The average Bonchev–Trinajstić information content (AvgIpc) is 2.71. The first-order valence-corrected chi connectivity index (χ1v) is 10.5. The molecule has 1 aromatic carbocycles. The van der Waals surface area contributed by atoms with Gasteiger partial charge in [0.15, 0.2) is 5.96 Å². The van der Waals surface area contributed by atoms with Crippen LogP contribution in [0, 0.1) is 5.92 Å². The second-order valence-corrected chi connectivity index (χ2v) is 7.65. The second-order valence-electron chi connectivity index (χ2n) is 7.65. The SMILES string of the molecule is C=CCCCN(C)C(=NCC1CCCN(C)C1c1ccc(OC)cc1)NCC. The molecule has 28 heavy (non-hydrogen) atoms. The Morgan fingerprint density at radius 2 is 2.14 bits per heavy atom. The van der Waals surface area contributed by atoms with E-state index in [-0.39, 0.29) is 0 Å². The number of unbranched alkanes of at least 4 members (excludes halogenated alkanes) is 1. The van der Waals surface area contributed by atoms with Gasteiger partial charge in [-0.1, -0.05) is 18.2 Å². The minimum atomic E-state index is 0.400. The van der Waals surface area contributed by atoms with Gasteiger partial charge in [0.25, 0.3) is 0 Å². The van der Waals surface area contributed by atoms with Gasteiger partial charge in [-0.25, -0.2) is 0 Å². The predicted molar refractivity (Wildman–Crippen MR) is 119 cm³/mol. The first-order chi connectivity index (χ1) is 13.6. The van der Waals surface area contributed by atoms with E-state index in [1.54, 1.807) is 7.11 Å². The number of rotatable bonds is 9. The summed E-state index contributed by atoms with van der Waals surface area (Å²) in [5.74, 6) is 2.43. The van der Waals surface area contributed by atoms with Crippen LogP contribution >= 0.6 is 0 Å². The van der Waals surface area contributed by atoms with Gasteiger partial charge in [-0.2, -0.15) is 0 Å². The molecule has 2 unspecified atom stereocenters. The van der Waals surface area contributed by atoms with Crippen molar-refractivity contribution in [2.75, 3.05) is 47.4 Å². The highest BCUT2D eigenvalue weighted by atomic mass is 16.5. The number of methoxy groups -OCH3 is 1. The molecule has 1 aromatic rings. The van der Waals surface area contributed by atoms with E-state index in [4.69, 9.17) is 9.73 Å². The van der Waals surface area contributed by atoms with Crippen molar-refractivity contribution in [3.63, 3.8) is 0 Å². The fourth-order valence-corrected chi connectivity index (χ4v) is 4.03. The van der Waals surface area contributed by atoms with E-state index in [1.807, 2.05) is 6.08 Å². The van der Waals surface area contributed by atoms with E-state index in [1.165, 1.54) is 18.4 Å². The Hall–Kier alpha value is -2.01. The van der Waals surface area contributed by atoms with Gasteiger partial charge in [0.05, 0.1) is 7.11 Å². The van der Waals surface area contributed by atoms with Crippen LogP contribution in [0.5, 0.6) is 5.75 Å². The Morgan fingerprint density at radius 1 is 1.39 bits per heavy atom. The van der Waals surface area contributed by atoms with Crippen LogP contribution in [0.1, 0.15) is 44.2 Å². The average molecular weight is 387 g/mol. The molecule has 0 aliphatic carbocycles. The molecule has 5 heteroatoms. The van der Waals surface area contributed by atoms with Gasteiger partial charge in [-0.3, -0.25) is 9.89 Å². The minimum absolute atomic E-state index is 0.400. The normalized spacial score (nSPS) is 20.6. The minimum Gasteiger partial charge on any atom is -0.497 e. The zero-order chi connectivity index (χ0) is 20.4. The molecule has 0 spiro atoms. The fourth-order valence-electron chi connectivity index (χ4n) is 4.03. The van der Waals surface area contributed by atoms with Gasteiger partial charge in [-0.05, 0) is 69.8 Å². The van der Waals surface area contributed by atoms with Gasteiger partial charge in [0.2, 0.25) is 0 Å². The predicted octanol–water partition coefficient (Wildman–Crippen LogP) is 3.94. The highest BCUT2D eigenvalue weighted by Gasteiger charge is 2.30. The number of piperidine rings is 1. The van der Waals surface area contributed by atoms with E-state index < -0.39 is 0 Å². The van der Waals surface area contributed by atoms with Crippen molar-refractivity contribution >= 4 is 5.96 Å². The van der Waals surface area contributed by atoms with Crippen LogP contribution < -0.4 is 10.1 Å². The number of benzene rings is 1. The molecule has 2 rings (SSSR count). The number of ether oxygens (including phenoxy) is 1. The van der Waals surface area contributed by atoms with Crippen LogP contribution in [0.25, 0.3) is 0 Å². The molecule has 1 aliphatic rings. The maximum atomic E-state index is 5.33. The van der Waals surface area contributed by atoms with Crippen LogP contribution in [0.2, 0.25) is 0 Å². The number of nitrogens with one attached hydrogen (secondary N) is 1. The Labute approximate surface area is 171 Å². The summed E-state index contributed by atoms with van der Waals surface area (Å²) in [5.41, 5.74) is 1.35. The summed E-state index contributed by atoms with van der Waals surface area (Å²) in [7, 11) is 6.07. The lowest BCUT2D eigenvalue weighted by atomic mass is 9.85. The molecule has 1 fully saturated rings. The molecule has 156 valence electrons. The summed E-state index contributed by atoms with van der Waals surface area (Å²) in [4.78, 5) is 9.73. The van der Waals surface area contributed by atoms with E-state index in [2.05, 4.69) is 67.0 Å². The lowest BCUT2D eigenvalue weighted by Crippen LogP contribution is -2.41. The second kappa shape index (κ2) is 11.7. The summed E-state index contributed by atoms with van der Waals surface area (Å²) in [6.07, 6.45) is 6.57. The standard InChI is InChI=1S/C23H38N4O/c1-6-8-9-16-27(4)23(24-7-2)25-18-20-11-10-17-26(3)22(20)19-12-14-21(28-5)15-13-19/h6,12-15,20,22H,1,7-11,16-18H2,2-5H3,(H,24,25). The van der Waals surface area contributed by atoms with E-state index in [9.17, 15) is 0 Å². The molecule has 1 N–H and O–H groups in total. The fraction of sp³-hybridized carbons (Fsp3) is 0.609. The van der Waals surface area contributed by atoms with Crippen molar-refractivity contribution in [1.82, 2.24) is 15.1 Å². The highest BCUT2D eigenvalue weighted by molar-refractivity contribution is 5.79. The van der Waals surface area contributed by atoms with Crippen LogP contribution in [-0.2, 0) is 0 Å². The first kappa shape index (κ1) is 22.3. The molecule has 2 atom stereocenters. The Bertz CT molecular complexity index is 614. The number of guanidine groups is 1. The molecular formula is C23H38N4O. The van der Waals surface area contributed by atoms with Gasteiger partial charge in [0.1, 0.15) is 5.75 Å². The molecule has 1 aliphatic heterocycles. The zero-order valence-corrected chi connectivity index (χ0v) is 18.2. The van der Waals surface area contributed by atoms with Crippen molar-refractivity contribution in [2.24, 2.45) is 10.9 Å². The monoisotopic (exact) mass is 386 g/mol. The van der Waals surface area contributed by atoms with E-state index in [0.29, 0.717) is 12.0 Å². The summed E-state index contributed by atoms with van der Waals surface area (Å²) in [6.45, 7) is 9.80. The lowest BCUT2D eigenvalue weighted by molar-refractivity contribution is 0.125. The third kappa shape index (κ3) is 6.26. The number of hydrogen-bond donors (Lipinski definition) is 1. The molecular weight excluding hydrogens is 348 g/mol. The summed E-state index contributed by atoms with van der Waals surface area (Å²) < 4.78 is 5.33. The number of aliphatic imine (C=N–C) groups is 1. The maximum Gasteiger partial charge on any atom is 0.193 e. The van der Waals surface area contributed by atoms with Crippen molar-refractivity contribution < 1.29 is 4.74 Å². The molecule has 5 nitrogen and oxygen atoms in total. The van der Waals surface area contributed by atoms with Crippen LogP contribution in [0.15, 0.2) is 41.9 Å². The summed E-state index contributed by atoms with van der Waals surface area (Å²) >= 11 is 0. The molecule has 0 radical (unpaired) electrons. The first-order valence-electron chi connectivity index (χ1n) is 10.5. The van der Waals surface area contributed by atoms with Gasteiger partial charge in [-0.15, -0.1) is 6.58 Å². The third-order valence-electron chi connectivity index (χ3n) is 5.54. The quantitative estimate of drug-likeness (QED) is 0.302. The Balaban J connectivity index is 2.11. The smallest absolute Gasteiger partial charge is 0.193 e. The van der Waals surface area contributed by atoms with Crippen LogP contribution in [0.3, 0.4) is 0 Å². The molecule has 0 bridgehead atoms. The van der Waals surface area contributed by atoms with Crippen molar-refractivity contribution in [1.29, 1.82) is 0 Å². The van der Waals surface area contributed by atoms with Crippen molar-refractivity contribution in [3.8, 4) is 5.75 Å². The van der Waals surface area contributed by atoms with Crippen LogP contribution in [0.4, 0.5) is 0 Å². The summed E-state index contributed by atoms with van der Waals surface area (Å²) in [6, 6.07) is 8.94. The molecule has 1 saturated heterocycles. The highest BCUT2D eigenvalue weighted by Crippen LogP contribution is 2.35. The Morgan fingerprint density at radius 3 is 2.79 bits per heavy atom. The van der Waals surface area contributed by atoms with Crippen LogP contribution in [-0.4, -0.2) is 63.1 Å². The molecule has 0 saturated carbocycles. The lowest BCUT2D eigenvalue weighted by Gasteiger charge is -2.39. The Kier molecular flexibility index (Phi) is 9.35. The topological polar surface area (TPSA) is 40.1 Å². The molecule has 1 heterocycles. The number of hydrogen-bond acceptors (Lipinski definition) is 3. The van der Waals surface area contributed by atoms with E-state index in [0.717, 1.165) is 50.7 Å². The zero-order valence-electron chi connectivity index (χ0n) is 18.2. The molecule has 0 aromatic heterocycles. The third-order valence-corrected chi connectivity index (χ3v) is 5.54. The maximum absolute atomic E-state index is 5.33. The number of allylic oxidation sites excluding steroid dienone is 1. The summed E-state index contributed by atoms with van der Waals surface area (Å²) in [5, 5.41) is 3.45. The van der Waals surface area contributed by atoms with Gasteiger partial charge >= 0.3 is 0 Å². The molecule has 0 amide bonds. The van der Waals surface area contributed by atoms with E-state index >= 15 is 0 Å². The number of likely N-dealkylation sites (tertiary alicyclic amines) is 1. The van der Waals surface area contributed by atoms with Crippen molar-refractivity contribution in [3.05, 3.63) is 42.5 Å².